The van der Waals surface area contributed by atoms with E-state index in [9.17, 15) is 0 Å². The van der Waals surface area contributed by atoms with Crippen molar-refractivity contribution in [3.8, 4) is 5.75 Å². The monoisotopic (exact) mass is 421 g/mol. The average Bonchev–Trinajstić information content (AvgIpc) is 2.80. The van der Waals surface area contributed by atoms with Gasteiger partial charge >= 0.3 is 0 Å². The first kappa shape index (κ1) is 20.8. The fraction of sp³-hybridized carbons (Fsp3) is 0.267. The van der Waals surface area contributed by atoms with Gasteiger partial charge in [-0.2, -0.15) is 0 Å². The maximum absolute atomic E-state index is 6.49. The van der Waals surface area contributed by atoms with E-state index < -0.39 is 0 Å². The van der Waals surface area contributed by atoms with Crippen molar-refractivity contribution in [1.29, 1.82) is 0 Å². The molecule has 0 aliphatic carbocycles. The summed E-state index contributed by atoms with van der Waals surface area (Å²) in [4.78, 5) is 2.40. The van der Waals surface area contributed by atoms with Gasteiger partial charge in [-0.25, -0.2) is 0 Å². The molecular formula is C30H31NO. The van der Waals surface area contributed by atoms with Crippen molar-refractivity contribution in [1.82, 2.24) is 4.90 Å². The quantitative estimate of drug-likeness (QED) is 0.348. The van der Waals surface area contributed by atoms with Crippen molar-refractivity contribution in [3.05, 3.63) is 113 Å². The zero-order valence-corrected chi connectivity index (χ0v) is 19.2. The zero-order chi connectivity index (χ0) is 22.1. The van der Waals surface area contributed by atoms with E-state index in [2.05, 4.69) is 111 Å². The largest absolute Gasteiger partial charge is 0.489 e. The van der Waals surface area contributed by atoms with Crippen molar-refractivity contribution in [2.24, 2.45) is 0 Å². The highest BCUT2D eigenvalue weighted by Gasteiger charge is 2.30. The summed E-state index contributed by atoms with van der Waals surface area (Å²) in [6, 6.07) is 30.7. The second kappa shape index (κ2) is 8.80. The molecule has 1 unspecified atom stereocenters. The number of nitrogens with zero attached hydrogens (tertiary/aromatic N) is 1. The van der Waals surface area contributed by atoms with Crippen molar-refractivity contribution in [3.63, 3.8) is 0 Å². The highest BCUT2D eigenvalue weighted by molar-refractivity contribution is 5.85. The van der Waals surface area contributed by atoms with Gasteiger partial charge in [-0.15, -0.1) is 0 Å². The van der Waals surface area contributed by atoms with Crippen LogP contribution in [0.4, 0.5) is 0 Å². The number of ether oxygens (including phenoxy) is 1. The van der Waals surface area contributed by atoms with Crippen molar-refractivity contribution < 1.29 is 4.74 Å². The minimum atomic E-state index is 0.163. The molecule has 2 heteroatoms. The molecule has 4 aromatic rings. The number of benzene rings is 4. The van der Waals surface area contributed by atoms with Gasteiger partial charge in [0.25, 0.3) is 0 Å². The molecule has 1 heterocycles. The van der Waals surface area contributed by atoms with Gasteiger partial charge < -0.3 is 4.74 Å². The molecule has 162 valence electrons. The maximum atomic E-state index is 6.49. The highest BCUT2D eigenvalue weighted by atomic mass is 16.5. The van der Waals surface area contributed by atoms with Crippen LogP contribution in [0.5, 0.6) is 5.75 Å². The molecule has 0 fully saturated rings. The second-order valence-electron chi connectivity index (χ2n) is 9.24. The van der Waals surface area contributed by atoms with Crippen LogP contribution in [0.15, 0.2) is 84.9 Å². The lowest BCUT2D eigenvalue weighted by molar-refractivity contribution is 0.118. The average molecular weight is 422 g/mol. The number of hydrogen-bond donors (Lipinski definition) is 0. The van der Waals surface area contributed by atoms with Gasteiger partial charge in [-0.05, 0) is 66.4 Å². The Balaban J connectivity index is 1.37. The van der Waals surface area contributed by atoms with Gasteiger partial charge in [0.2, 0.25) is 0 Å². The van der Waals surface area contributed by atoms with E-state index in [4.69, 9.17) is 4.74 Å². The maximum Gasteiger partial charge on any atom is 0.123 e. The summed E-state index contributed by atoms with van der Waals surface area (Å²) in [7, 11) is 2.21. The first-order valence-electron chi connectivity index (χ1n) is 11.6. The van der Waals surface area contributed by atoms with E-state index in [1.54, 1.807) is 0 Å². The fourth-order valence-corrected chi connectivity index (χ4v) is 5.04. The summed E-state index contributed by atoms with van der Waals surface area (Å²) in [5.74, 6) is 1.40. The molecular weight excluding hydrogens is 390 g/mol. The SMILES string of the molecule is Cc1ccc(C2C[C@@H](CN(C)Cc3cccc4ccccc34)Oc3ccccc32)cc1C. The number of likely N-dealkylation sites (N-methyl/N-ethyl adjacent to an activating group) is 1. The van der Waals surface area contributed by atoms with Crippen LogP contribution in [0.25, 0.3) is 10.8 Å². The smallest absolute Gasteiger partial charge is 0.123 e. The molecule has 0 saturated heterocycles. The first-order valence-corrected chi connectivity index (χ1v) is 11.6. The van der Waals surface area contributed by atoms with Gasteiger partial charge in [-0.1, -0.05) is 78.9 Å². The van der Waals surface area contributed by atoms with E-state index in [1.165, 1.54) is 38.6 Å². The van der Waals surface area contributed by atoms with Crippen molar-refractivity contribution >= 4 is 10.8 Å². The molecule has 2 nitrogen and oxygen atoms in total. The van der Waals surface area contributed by atoms with Crippen LogP contribution < -0.4 is 4.74 Å². The lowest BCUT2D eigenvalue weighted by atomic mass is 9.83. The molecule has 4 aromatic carbocycles. The van der Waals surface area contributed by atoms with Gasteiger partial charge in [-0.3, -0.25) is 4.90 Å². The molecule has 1 aliphatic rings. The van der Waals surface area contributed by atoms with Crippen LogP contribution in [0.1, 0.15) is 40.2 Å². The molecule has 0 spiro atoms. The molecule has 0 saturated carbocycles. The Labute approximate surface area is 191 Å². The topological polar surface area (TPSA) is 12.5 Å². The number of para-hydroxylation sites is 1. The predicted molar refractivity (Wildman–Crippen MR) is 134 cm³/mol. The van der Waals surface area contributed by atoms with Gasteiger partial charge in [0, 0.05) is 24.6 Å². The summed E-state index contributed by atoms with van der Waals surface area (Å²) in [5.41, 5.74) is 6.78. The Morgan fingerprint density at radius 2 is 1.62 bits per heavy atom. The summed E-state index contributed by atoms with van der Waals surface area (Å²) in [6.45, 7) is 6.21. The zero-order valence-electron chi connectivity index (χ0n) is 19.2. The van der Waals surface area contributed by atoms with Gasteiger partial charge in [0.05, 0.1) is 0 Å². The highest BCUT2D eigenvalue weighted by Crippen LogP contribution is 2.41. The van der Waals surface area contributed by atoms with Crippen LogP contribution in [-0.2, 0) is 6.54 Å². The van der Waals surface area contributed by atoms with Gasteiger partial charge in [0.1, 0.15) is 11.9 Å². The molecule has 1 aliphatic heterocycles. The predicted octanol–water partition coefficient (Wildman–Crippen LogP) is 6.87. The van der Waals surface area contributed by atoms with E-state index in [0.717, 1.165) is 25.3 Å². The Morgan fingerprint density at radius 3 is 2.50 bits per heavy atom. The van der Waals surface area contributed by atoms with Crippen LogP contribution in [0.3, 0.4) is 0 Å². The third-order valence-corrected chi connectivity index (χ3v) is 6.86. The normalized spacial score (nSPS) is 17.9. The molecule has 5 rings (SSSR count). The lowest BCUT2D eigenvalue weighted by Crippen LogP contribution is -2.36. The minimum Gasteiger partial charge on any atom is -0.489 e. The Kier molecular flexibility index (Phi) is 5.71. The molecule has 2 atom stereocenters. The van der Waals surface area contributed by atoms with E-state index in [1.807, 2.05) is 0 Å². The summed E-state index contributed by atoms with van der Waals surface area (Å²) >= 11 is 0. The number of hydrogen-bond acceptors (Lipinski definition) is 2. The molecule has 0 N–H and O–H groups in total. The summed E-state index contributed by atoms with van der Waals surface area (Å²) in [6.07, 6.45) is 1.16. The minimum absolute atomic E-state index is 0.163. The molecule has 0 amide bonds. The third kappa shape index (κ3) is 4.16. The van der Waals surface area contributed by atoms with Crippen LogP contribution in [0.2, 0.25) is 0 Å². The third-order valence-electron chi connectivity index (χ3n) is 6.86. The lowest BCUT2D eigenvalue weighted by Gasteiger charge is -2.35. The van der Waals surface area contributed by atoms with Gasteiger partial charge in [0.15, 0.2) is 0 Å². The van der Waals surface area contributed by atoms with Crippen molar-refractivity contribution in [2.75, 3.05) is 13.6 Å². The van der Waals surface area contributed by atoms with Crippen LogP contribution in [0, 0.1) is 13.8 Å². The number of rotatable bonds is 5. The molecule has 0 aromatic heterocycles. The summed E-state index contributed by atoms with van der Waals surface area (Å²) < 4.78 is 6.49. The Morgan fingerprint density at radius 1 is 0.844 bits per heavy atom. The summed E-state index contributed by atoms with van der Waals surface area (Å²) in [5, 5.41) is 2.64. The van der Waals surface area contributed by atoms with Crippen LogP contribution in [-0.4, -0.2) is 24.6 Å². The van der Waals surface area contributed by atoms with E-state index in [-0.39, 0.29) is 6.10 Å². The first-order chi connectivity index (χ1) is 15.6. The molecule has 0 bridgehead atoms. The number of fused-ring (bicyclic) bond motifs is 2. The number of aryl methyl sites for hydroxylation is 2. The standard InChI is InChI=1S/C30H31NO/c1-21-15-16-24(17-22(21)2)29-18-26(32-30-14-7-6-13-28(29)30)20-31(3)19-25-11-8-10-23-9-4-5-12-27(23)25/h4-17,26,29H,18-20H2,1-3H3/t26-,29?/m0/s1. The molecule has 32 heavy (non-hydrogen) atoms. The molecule has 0 radical (unpaired) electrons. The Bertz CT molecular complexity index is 1240. The van der Waals surface area contributed by atoms with E-state index in [0.29, 0.717) is 5.92 Å². The van der Waals surface area contributed by atoms with Crippen molar-refractivity contribution in [2.45, 2.75) is 38.8 Å². The van der Waals surface area contributed by atoms with E-state index >= 15 is 0 Å². The Hall–Kier alpha value is -3.10. The fourth-order valence-electron chi connectivity index (χ4n) is 5.04. The second-order valence-corrected chi connectivity index (χ2v) is 9.24. The van der Waals surface area contributed by atoms with Crippen LogP contribution >= 0.6 is 0 Å².